The Morgan fingerprint density at radius 3 is 2.68 bits per heavy atom. The first-order chi connectivity index (χ1) is 16.1. The molecule has 4 N–H and O–H groups in total. The van der Waals surface area contributed by atoms with E-state index in [2.05, 4.69) is 37.4 Å². The Bertz CT molecular complexity index is 1010. The van der Waals surface area contributed by atoms with Gasteiger partial charge in [-0.05, 0) is 45.1 Å². The van der Waals surface area contributed by atoms with Crippen LogP contribution in [0.4, 0.5) is 24.9 Å². The predicted octanol–water partition coefficient (Wildman–Crippen LogP) is 3.36. The molecule has 2 aliphatic rings. The standard InChI is InChI=1S/C22H27ClF3N5O3/c1-3-34-18-7-5-14(12(2)28-18)4-6-15-19(23)30-21(27-11-22(24,25)26)31-20(15)29-16-8-13(10-32)9-17(16)33/h7,13-14,16-17,32-33H,3,5,8-11H2,1-2H3,(H2,27,29,30,31)/t13-,14?,16+,17+/m0/s1. The number of aliphatic imine (C=N–C) groups is 1. The second-order valence-corrected chi connectivity index (χ2v) is 8.51. The summed E-state index contributed by atoms with van der Waals surface area (Å²) in [6.45, 7) is 2.78. The maximum Gasteiger partial charge on any atom is 0.405 e. The van der Waals surface area contributed by atoms with Gasteiger partial charge in [-0.2, -0.15) is 23.1 Å². The van der Waals surface area contributed by atoms with Crippen molar-refractivity contribution in [2.75, 3.05) is 30.4 Å². The van der Waals surface area contributed by atoms with E-state index < -0.39 is 24.9 Å². The molecular formula is C22H27ClF3N5O3. The highest BCUT2D eigenvalue weighted by atomic mass is 35.5. The summed E-state index contributed by atoms with van der Waals surface area (Å²) >= 11 is 6.30. The maximum absolute atomic E-state index is 12.7. The molecule has 1 aliphatic heterocycles. The number of aromatic nitrogens is 2. The van der Waals surface area contributed by atoms with Gasteiger partial charge in [-0.15, -0.1) is 0 Å². The zero-order valence-electron chi connectivity index (χ0n) is 18.8. The number of halogens is 4. The Hall–Kier alpha value is -2.55. The minimum atomic E-state index is -4.47. The van der Waals surface area contributed by atoms with Crippen molar-refractivity contribution in [3.63, 3.8) is 0 Å². The molecule has 0 bridgehead atoms. The first-order valence-corrected chi connectivity index (χ1v) is 11.3. The summed E-state index contributed by atoms with van der Waals surface area (Å²) in [5.74, 6) is 6.02. The normalized spacial score (nSPS) is 24.6. The fraction of sp³-hybridized carbons (Fsp3) is 0.591. The molecule has 1 unspecified atom stereocenters. The summed E-state index contributed by atoms with van der Waals surface area (Å²) in [6.07, 6.45) is -1.99. The highest BCUT2D eigenvalue weighted by Crippen LogP contribution is 2.31. The Morgan fingerprint density at radius 1 is 1.29 bits per heavy atom. The van der Waals surface area contributed by atoms with Crippen LogP contribution in [-0.4, -0.2) is 64.0 Å². The topological polar surface area (TPSA) is 112 Å². The minimum absolute atomic E-state index is 0.0810. The van der Waals surface area contributed by atoms with E-state index in [1.807, 2.05) is 19.9 Å². The summed E-state index contributed by atoms with van der Waals surface area (Å²) in [5, 5.41) is 24.8. The molecule has 2 heterocycles. The zero-order valence-corrected chi connectivity index (χ0v) is 19.5. The number of alkyl halides is 3. The Labute approximate surface area is 200 Å². The molecule has 8 nitrogen and oxygen atoms in total. The lowest BCUT2D eigenvalue weighted by Crippen LogP contribution is -2.29. The summed E-state index contributed by atoms with van der Waals surface area (Å²) in [6, 6.07) is -0.478. The van der Waals surface area contributed by atoms with Gasteiger partial charge >= 0.3 is 6.18 Å². The highest BCUT2D eigenvalue weighted by Gasteiger charge is 2.34. The fourth-order valence-electron chi connectivity index (χ4n) is 3.75. The van der Waals surface area contributed by atoms with Crippen molar-refractivity contribution in [2.24, 2.45) is 16.8 Å². The first-order valence-electron chi connectivity index (χ1n) is 10.9. The molecule has 1 fully saturated rings. The zero-order chi connectivity index (χ0) is 24.9. The van der Waals surface area contributed by atoms with Crippen LogP contribution in [0.1, 0.15) is 38.7 Å². The number of hydrogen-bond acceptors (Lipinski definition) is 8. The van der Waals surface area contributed by atoms with E-state index in [0.29, 0.717) is 31.8 Å². The lowest BCUT2D eigenvalue weighted by atomic mass is 9.98. The lowest BCUT2D eigenvalue weighted by molar-refractivity contribution is -0.115. The molecule has 0 amide bonds. The van der Waals surface area contributed by atoms with Crippen molar-refractivity contribution in [3.05, 3.63) is 22.7 Å². The van der Waals surface area contributed by atoms with Gasteiger partial charge in [0.05, 0.1) is 24.7 Å². The Kier molecular flexibility index (Phi) is 8.62. The average Bonchev–Trinajstić information content (AvgIpc) is 3.12. The number of nitrogens with one attached hydrogen (secondary N) is 2. The molecular weight excluding hydrogens is 475 g/mol. The molecule has 1 aromatic heterocycles. The number of aliphatic hydroxyl groups is 2. The third-order valence-electron chi connectivity index (χ3n) is 5.50. The van der Waals surface area contributed by atoms with Crippen LogP contribution in [0.3, 0.4) is 0 Å². The second kappa shape index (κ2) is 11.3. The number of hydrogen-bond donors (Lipinski definition) is 4. The van der Waals surface area contributed by atoms with Gasteiger partial charge in [0.25, 0.3) is 0 Å². The van der Waals surface area contributed by atoms with Crippen LogP contribution in [0.5, 0.6) is 0 Å². The van der Waals surface area contributed by atoms with Crippen LogP contribution in [-0.2, 0) is 4.74 Å². The number of rotatable bonds is 7. The van der Waals surface area contributed by atoms with Crippen LogP contribution in [0.15, 0.2) is 17.0 Å². The van der Waals surface area contributed by atoms with Crippen molar-refractivity contribution in [1.82, 2.24) is 9.97 Å². The van der Waals surface area contributed by atoms with E-state index in [1.165, 1.54) is 0 Å². The van der Waals surface area contributed by atoms with Crippen molar-refractivity contribution >= 4 is 29.1 Å². The van der Waals surface area contributed by atoms with E-state index in [9.17, 15) is 23.4 Å². The summed E-state index contributed by atoms with van der Waals surface area (Å²) in [4.78, 5) is 12.4. The summed E-state index contributed by atoms with van der Waals surface area (Å²) in [7, 11) is 0. The van der Waals surface area contributed by atoms with Crippen LogP contribution >= 0.6 is 11.6 Å². The van der Waals surface area contributed by atoms with E-state index >= 15 is 0 Å². The molecule has 1 aromatic rings. The third kappa shape index (κ3) is 6.98. The highest BCUT2D eigenvalue weighted by molar-refractivity contribution is 6.31. The van der Waals surface area contributed by atoms with Gasteiger partial charge in [0.2, 0.25) is 11.8 Å². The second-order valence-electron chi connectivity index (χ2n) is 8.15. The van der Waals surface area contributed by atoms with Gasteiger partial charge in [0.1, 0.15) is 17.9 Å². The molecule has 12 heteroatoms. The van der Waals surface area contributed by atoms with Gasteiger partial charge in [-0.25, -0.2) is 4.99 Å². The summed E-state index contributed by atoms with van der Waals surface area (Å²) in [5.41, 5.74) is 0.955. The van der Waals surface area contributed by atoms with Gasteiger partial charge < -0.3 is 25.6 Å². The SMILES string of the molecule is CCOC1=CCC(C#Cc2c(Cl)nc(NCC(F)(F)F)nc2N[C@@H]2C[C@H](CO)C[C@H]2O)C(C)=N1. The van der Waals surface area contributed by atoms with Gasteiger partial charge in [0.15, 0.2) is 5.15 Å². The molecule has 4 atom stereocenters. The molecule has 1 saturated carbocycles. The molecule has 1 aliphatic carbocycles. The number of nitrogens with zero attached hydrogens (tertiary/aromatic N) is 3. The Morgan fingerprint density at radius 2 is 2.06 bits per heavy atom. The van der Waals surface area contributed by atoms with E-state index in [4.69, 9.17) is 16.3 Å². The van der Waals surface area contributed by atoms with E-state index in [-0.39, 0.29) is 40.9 Å². The minimum Gasteiger partial charge on any atom is -0.478 e. The molecule has 0 saturated heterocycles. The molecule has 186 valence electrons. The van der Waals surface area contributed by atoms with Crippen LogP contribution in [0.25, 0.3) is 0 Å². The van der Waals surface area contributed by atoms with Crippen LogP contribution < -0.4 is 10.6 Å². The smallest absolute Gasteiger partial charge is 0.405 e. The molecule has 0 radical (unpaired) electrons. The number of allylic oxidation sites excluding steroid dienone is 1. The van der Waals surface area contributed by atoms with Gasteiger partial charge in [-0.1, -0.05) is 23.4 Å². The number of ether oxygens (including phenoxy) is 1. The Balaban J connectivity index is 1.88. The lowest BCUT2D eigenvalue weighted by Gasteiger charge is -2.19. The van der Waals surface area contributed by atoms with Gasteiger partial charge in [0, 0.05) is 12.3 Å². The van der Waals surface area contributed by atoms with E-state index in [0.717, 1.165) is 5.71 Å². The molecule has 3 rings (SSSR count). The molecule has 0 aromatic carbocycles. The predicted molar refractivity (Wildman–Crippen MR) is 123 cm³/mol. The molecule has 34 heavy (non-hydrogen) atoms. The van der Waals surface area contributed by atoms with Crippen molar-refractivity contribution in [2.45, 2.75) is 51.4 Å². The largest absolute Gasteiger partial charge is 0.478 e. The van der Waals surface area contributed by atoms with Gasteiger partial charge in [-0.3, -0.25) is 0 Å². The van der Waals surface area contributed by atoms with Crippen molar-refractivity contribution in [1.29, 1.82) is 0 Å². The maximum atomic E-state index is 12.7. The van der Waals surface area contributed by atoms with E-state index in [1.54, 1.807) is 0 Å². The molecule has 0 spiro atoms. The quantitative estimate of drug-likeness (QED) is 0.335. The number of anilines is 2. The van der Waals surface area contributed by atoms with Crippen molar-refractivity contribution in [3.8, 4) is 11.8 Å². The van der Waals surface area contributed by atoms with Crippen LogP contribution in [0.2, 0.25) is 5.15 Å². The van der Waals surface area contributed by atoms with Crippen LogP contribution in [0, 0.1) is 23.7 Å². The average molecular weight is 502 g/mol. The van der Waals surface area contributed by atoms with Crippen molar-refractivity contribution < 1.29 is 28.1 Å². The summed E-state index contributed by atoms with van der Waals surface area (Å²) < 4.78 is 43.4. The first kappa shape index (κ1) is 26.1. The monoisotopic (exact) mass is 501 g/mol. The number of aliphatic hydroxyl groups excluding tert-OH is 2. The fourth-order valence-corrected chi connectivity index (χ4v) is 3.97. The third-order valence-corrected chi connectivity index (χ3v) is 5.77.